The minimum atomic E-state index is 0.650. The van der Waals surface area contributed by atoms with Crippen LogP contribution in [0, 0.1) is 6.92 Å². The number of aromatic nitrogens is 1. The van der Waals surface area contributed by atoms with Gasteiger partial charge in [-0.3, -0.25) is 4.98 Å². The third-order valence-corrected chi connectivity index (χ3v) is 2.23. The summed E-state index contributed by atoms with van der Waals surface area (Å²) >= 11 is 0. The molecule has 0 saturated carbocycles. The maximum Gasteiger partial charge on any atom is 0.119 e. The highest BCUT2D eigenvalue weighted by Crippen LogP contribution is 2.15. The van der Waals surface area contributed by atoms with Crippen LogP contribution in [0.1, 0.15) is 5.69 Å². The van der Waals surface area contributed by atoms with Crippen LogP contribution in [0.5, 0.6) is 5.75 Å². The minimum absolute atomic E-state index is 0.650. The fourth-order valence-electron chi connectivity index (χ4n) is 1.49. The molecular weight excluding hydrogens is 173 g/mol. The first-order valence-electron chi connectivity index (χ1n) is 4.42. The van der Waals surface area contributed by atoms with Crippen molar-refractivity contribution in [2.45, 2.75) is 6.92 Å². The summed E-state index contributed by atoms with van der Waals surface area (Å²) in [7, 11) is 7.52. The van der Waals surface area contributed by atoms with E-state index in [1.807, 2.05) is 31.2 Å². The van der Waals surface area contributed by atoms with Crippen LogP contribution in [-0.2, 0) is 0 Å². The predicted octanol–water partition coefficient (Wildman–Crippen LogP) is 1.35. The molecular formula is C11H10BNO. The van der Waals surface area contributed by atoms with Crippen LogP contribution in [0.2, 0.25) is 0 Å². The monoisotopic (exact) mass is 183 g/mol. The highest BCUT2D eigenvalue weighted by molar-refractivity contribution is 6.40. The first-order valence-corrected chi connectivity index (χ1v) is 4.42. The number of nitrogens with zero attached hydrogens (tertiary/aromatic N) is 1. The summed E-state index contributed by atoms with van der Waals surface area (Å²) in [5, 5.41) is 0.940. The van der Waals surface area contributed by atoms with Gasteiger partial charge in [-0.25, -0.2) is 0 Å². The van der Waals surface area contributed by atoms with E-state index < -0.39 is 0 Å². The van der Waals surface area contributed by atoms with Gasteiger partial charge < -0.3 is 4.74 Å². The summed E-state index contributed by atoms with van der Waals surface area (Å²) in [6.45, 7) is 1.96. The molecule has 0 N–H and O–H groups in total. The van der Waals surface area contributed by atoms with Crippen molar-refractivity contribution in [3.63, 3.8) is 0 Å². The fraction of sp³-hybridized carbons (Fsp3) is 0.182. The molecule has 68 valence electrons. The Morgan fingerprint density at radius 2 is 2.00 bits per heavy atom. The van der Waals surface area contributed by atoms with E-state index in [2.05, 4.69) is 4.98 Å². The van der Waals surface area contributed by atoms with Crippen molar-refractivity contribution in [2.24, 2.45) is 0 Å². The number of hydrogen-bond donors (Lipinski definition) is 0. The Bertz CT molecular complexity index is 482. The average molecular weight is 183 g/mol. The van der Waals surface area contributed by atoms with Crippen molar-refractivity contribution < 1.29 is 4.74 Å². The average Bonchev–Trinajstić information content (AvgIpc) is 2.18. The molecule has 0 spiro atoms. The van der Waals surface area contributed by atoms with Crippen molar-refractivity contribution >= 4 is 24.2 Å². The van der Waals surface area contributed by atoms with Crippen LogP contribution in [0.15, 0.2) is 24.3 Å². The molecule has 14 heavy (non-hydrogen) atoms. The van der Waals surface area contributed by atoms with Gasteiger partial charge in [0.1, 0.15) is 13.6 Å². The smallest absolute Gasteiger partial charge is 0.119 e. The molecule has 1 aromatic heterocycles. The number of pyridine rings is 1. The second-order valence-electron chi connectivity index (χ2n) is 3.20. The maximum atomic E-state index is 5.91. The van der Waals surface area contributed by atoms with Gasteiger partial charge in [0.2, 0.25) is 0 Å². The highest BCUT2D eigenvalue weighted by atomic mass is 16.5. The Morgan fingerprint density at radius 3 is 2.71 bits per heavy atom. The lowest BCUT2D eigenvalue weighted by molar-refractivity contribution is 0.418. The molecule has 1 aromatic carbocycles. The second kappa shape index (κ2) is 3.33. The van der Waals surface area contributed by atoms with Gasteiger partial charge in [0.05, 0.1) is 12.6 Å². The summed E-state index contributed by atoms with van der Waals surface area (Å²) in [4.78, 5) is 4.38. The predicted molar refractivity (Wildman–Crippen MR) is 58.4 cm³/mol. The standard InChI is InChI=1S/C11H10BNO/c1-7-3-4-8-9(13-7)5-6-10(14-2)11(8)12/h3-6H,1-2H3. The van der Waals surface area contributed by atoms with E-state index in [0.29, 0.717) is 11.2 Å². The van der Waals surface area contributed by atoms with Crippen molar-refractivity contribution in [1.82, 2.24) is 4.98 Å². The van der Waals surface area contributed by atoms with Crippen molar-refractivity contribution in [1.29, 1.82) is 0 Å². The first-order chi connectivity index (χ1) is 6.72. The van der Waals surface area contributed by atoms with Crippen molar-refractivity contribution in [3.8, 4) is 5.75 Å². The highest BCUT2D eigenvalue weighted by Gasteiger charge is 2.03. The van der Waals surface area contributed by atoms with Gasteiger partial charge in [0.15, 0.2) is 0 Å². The van der Waals surface area contributed by atoms with Gasteiger partial charge in [0, 0.05) is 5.69 Å². The van der Waals surface area contributed by atoms with E-state index in [4.69, 9.17) is 12.6 Å². The number of hydrogen-bond acceptors (Lipinski definition) is 2. The minimum Gasteiger partial charge on any atom is -0.497 e. The molecule has 0 atom stereocenters. The van der Waals surface area contributed by atoms with E-state index in [9.17, 15) is 0 Å². The van der Waals surface area contributed by atoms with Gasteiger partial charge in [-0.15, -0.1) is 0 Å². The number of aryl methyl sites for hydroxylation is 1. The van der Waals surface area contributed by atoms with Crippen LogP contribution in [-0.4, -0.2) is 19.9 Å². The lowest BCUT2D eigenvalue weighted by Gasteiger charge is -2.08. The Hall–Kier alpha value is -1.51. The number of methoxy groups -OCH3 is 1. The number of benzene rings is 1. The van der Waals surface area contributed by atoms with Crippen LogP contribution in [0.4, 0.5) is 0 Å². The number of ether oxygens (including phenoxy) is 1. The number of rotatable bonds is 1. The van der Waals surface area contributed by atoms with Crippen LogP contribution in [0.3, 0.4) is 0 Å². The summed E-state index contributed by atoms with van der Waals surface area (Å²) in [6.07, 6.45) is 0. The molecule has 0 aliphatic carbocycles. The van der Waals surface area contributed by atoms with Crippen molar-refractivity contribution in [3.05, 3.63) is 30.0 Å². The largest absolute Gasteiger partial charge is 0.497 e. The van der Waals surface area contributed by atoms with Crippen LogP contribution in [0.25, 0.3) is 10.9 Å². The Kier molecular flexibility index (Phi) is 2.16. The zero-order chi connectivity index (χ0) is 10.1. The molecule has 0 aliphatic rings. The zero-order valence-electron chi connectivity index (χ0n) is 8.24. The van der Waals surface area contributed by atoms with E-state index >= 15 is 0 Å². The fourth-order valence-corrected chi connectivity index (χ4v) is 1.49. The molecule has 0 fully saturated rings. The zero-order valence-corrected chi connectivity index (χ0v) is 8.24. The summed E-state index contributed by atoms with van der Waals surface area (Å²) in [5.41, 5.74) is 2.54. The molecule has 2 radical (unpaired) electrons. The summed E-state index contributed by atoms with van der Waals surface area (Å²) in [6, 6.07) is 7.66. The molecule has 2 aromatic rings. The van der Waals surface area contributed by atoms with Crippen molar-refractivity contribution in [2.75, 3.05) is 7.11 Å². The Balaban J connectivity index is 2.77. The summed E-state index contributed by atoms with van der Waals surface area (Å²) < 4.78 is 5.13. The molecule has 0 bridgehead atoms. The van der Waals surface area contributed by atoms with Crippen LogP contribution >= 0.6 is 0 Å². The lowest BCUT2D eigenvalue weighted by Crippen LogP contribution is -2.09. The van der Waals surface area contributed by atoms with Gasteiger partial charge in [-0.2, -0.15) is 0 Å². The molecule has 0 unspecified atom stereocenters. The van der Waals surface area contributed by atoms with E-state index in [1.165, 1.54) is 0 Å². The van der Waals surface area contributed by atoms with E-state index in [0.717, 1.165) is 16.6 Å². The van der Waals surface area contributed by atoms with Gasteiger partial charge in [-0.1, -0.05) is 6.07 Å². The lowest BCUT2D eigenvalue weighted by atomic mass is 9.90. The number of fused-ring (bicyclic) bond motifs is 1. The molecule has 2 rings (SSSR count). The quantitative estimate of drug-likeness (QED) is 0.622. The topological polar surface area (TPSA) is 22.1 Å². The second-order valence-corrected chi connectivity index (χ2v) is 3.20. The molecule has 2 nitrogen and oxygen atoms in total. The molecule has 0 saturated heterocycles. The first kappa shape index (κ1) is 9.07. The summed E-state index contributed by atoms with van der Waals surface area (Å²) in [5.74, 6) is 0.697. The third-order valence-electron chi connectivity index (χ3n) is 2.23. The van der Waals surface area contributed by atoms with Crippen LogP contribution < -0.4 is 10.2 Å². The van der Waals surface area contributed by atoms with E-state index in [-0.39, 0.29) is 0 Å². The van der Waals surface area contributed by atoms with E-state index in [1.54, 1.807) is 7.11 Å². The third kappa shape index (κ3) is 1.35. The SMILES string of the molecule is [B]c1c(OC)ccc2nc(C)ccc12. The Morgan fingerprint density at radius 1 is 1.21 bits per heavy atom. The molecule has 3 heteroatoms. The van der Waals surface area contributed by atoms with Gasteiger partial charge in [0.25, 0.3) is 0 Å². The van der Waals surface area contributed by atoms with Gasteiger partial charge in [-0.05, 0) is 36.0 Å². The molecule has 0 amide bonds. The van der Waals surface area contributed by atoms with Gasteiger partial charge >= 0.3 is 0 Å². The Labute approximate surface area is 84.3 Å². The molecule has 1 heterocycles. The normalized spacial score (nSPS) is 10.4. The molecule has 0 aliphatic heterocycles. The maximum absolute atomic E-state index is 5.91.